The lowest BCUT2D eigenvalue weighted by molar-refractivity contribution is -0.385. The van der Waals surface area contributed by atoms with E-state index in [1.54, 1.807) is 23.1 Å². The maximum atomic E-state index is 12.5. The topological polar surface area (TPSA) is 66.7 Å². The third-order valence-electron chi connectivity index (χ3n) is 4.35. The van der Waals surface area contributed by atoms with Gasteiger partial charge in [-0.3, -0.25) is 14.9 Å². The summed E-state index contributed by atoms with van der Waals surface area (Å²) >= 11 is 5.91. The van der Waals surface area contributed by atoms with Gasteiger partial charge in [-0.2, -0.15) is 0 Å². The van der Waals surface area contributed by atoms with Gasteiger partial charge in [-0.1, -0.05) is 29.8 Å². The fraction of sp³-hybridized carbons (Fsp3) is 0.278. The number of rotatable bonds is 4. The van der Waals surface area contributed by atoms with Crippen LogP contribution in [-0.2, 0) is 11.2 Å². The molecule has 7 heteroatoms. The van der Waals surface area contributed by atoms with E-state index >= 15 is 0 Å². The number of carbonyl (C=O) groups is 1. The maximum Gasteiger partial charge on any atom is 0.273 e. The summed E-state index contributed by atoms with van der Waals surface area (Å²) in [7, 11) is 0. The Morgan fingerprint density at radius 1 is 1.04 bits per heavy atom. The molecule has 2 aromatic carbocycles. The van der Waals surface area contributed by atoms with E-state index in [-0.39, 0.29) is 18.0 Å². The number of halogens is 1. The van der Waals surface area contributed by atoms with E-state index in [4.69, 9.17) is 11.6 Å². The predicted octanol–water partition coefficient (Wildman–Crippen LogP) is 3.14. The Hall–Kier alpha value is -2.60. The lowest BCUT2D eigenvalue weighted by Crippen LogP contribution is -2.49. The summed E-state index contributed by atoms with van der Waals surface area (Å²) in [5.74, 6) is -0.0787. The summed E-state index contributed by atoms with van der Waals surface area (Å²) in [5.41, 5.74) is 1.53. The zero-order valence-electron chi connectivity index (χ0n) is 13.6. The molecule has 130 valence electrons. The van der Waals surface area contributed by atoms with Crippen molar-refractivity contribution in [3.05, 3.63) is 69.2 Å². The van der Waals surface area contributed by atoms with Crippen LogP contribution in [0.25, 0.3) is 0 Å². The molecule has 25 heavy (non-hydrogen) atoms. The second-order valence-corrected chi connectivity index (χ2v) is 6.34. The van der Waals surface area contributed by atoms with Crippen molar-refractivity contribution in [2.75, 3.05) is 31.1 Å². The first-order chi connectivity index (χ1) is 12.0. The number of amides is 1. The third-order valence-corrected chi connectivity index (χ3v) is 4.61. The van der Waals surface area contributed by atoms with Crippen molar-refractivity contribution in [1.29, 1.82) is 0 Å². The quantitative estimate of drug-likeness (QED) is 0.621. The first-order valence-corrected chi connectivity index (χ1v) is 8.43. The van der Waals surface area contributed by atoms with Crippen LogP contribution in [0.15, 0.2) is 48.5 Å². The Labute approximate surface area is 150 Å². The summed E-state index contributed by atoms with van der Waals surface area (Å²) in [6.45, 7) is 2.65. The molecule has 1 amide bonds. The van der Waals surface area contributed by atoms with Crippen molar-refractivity contribution in [3.8, 4) is 0 Å². The molecule has 0 N–H and O–H groups in total. The Morgan fingerprint density at radius 2 is 1.68 bits per heavy atom. The van der Waals surface area contributed by atoms with Crippen molar-refractivity contribution in [1.82, 2.24) is 4.90 Å². The monoisotopic (exact) mass is 359 g/mol. The van der Waals surface area contributed by atoms with Crippen molar-refractivity contribution >= 4 is 28.9 Å². The Balaban J connectivity index is 1.60. The molecule has 1 heterocycles. The van der Waals surface area contributed by atoms with Crippen molar-refractivity contribution in [2.24, 2.45) is 0 Å². The van der Waals surface area contributed by atoms with Gasteiger partial charge in [0.2, 0.25) is 5.91 Å². The third kappa shape index (κ3) is 4.09. The van der Waals surface area contributed by atoms with Gasteiger partial charge >= 0.3 is 0 Å². The average Bonchev–Trinajstić information content (AvgIpc) is 2.63. The Kier molecular flexibility index (Phi) is 5.19. The van der Waals surface area contributed by atoms with Crippen molar-refractivity contribution in [3.63, 3.8) is 0 Å². The summed E-state index contributed by atoms with van der Waals surface area (Å²) < 4.78 is 0. The Bertz CT molecular complexity index is 771. The number of nitrogens with zero attached hydrogens (tertiary/aromatic N) is 3. The molecule has 2 aromatic rings. The SMILES string of the molecule is O=C(Cc1ccccc1[N+](=O)[O-])N1CCN(c2ccc(Cl)cc2)CC1. The molecule has 0 unspecified atom stereocenters. The van der Waals surface area contributed by atoms with Gasteiger partial charge in [0, 0.05) is 48.5 Å². The molecule has 0 bridgehead atoms. The van der Waals surface area contributed by atoms with Gasteiger partial charge in [0.15, 0.2) is 0 Å². The minimum atomic E-state index is -0.443. The normalized spacial score (nSPS) is 14.4. The molecule has 1 saturated heterocycles. The van der Waals surface area contributed by atoms with Crippen LogP contribution in [-0.4, -0.2) is 41.9 Å². The second kappa shape index (κ2) is 7.53. The molecule has 0 aromatic heterocycles. The fourth-order valence-electron chi connectivity index (χ4n) is 2.98. The van der Waals surface area contributed by atoms with Gasteiger partial charge in [-0.05, 0) is 24.3 Å². The molecule has 0 spiro atoms. The molecule has 0 aliphatic carbocycles. The van der Waals surface area contributed by atoms with E-state index in [9.17, 15) is 14.9 Å². The molecule has 1 aliphatic heterocycles. The lowest BCUT2D eigenvalue weighted by atomic mass is 10.1. The maximum absolute atomic E-state index is 12.5. The fourth-order valence-corrected chi connectivity index (χ4v) is 3.11. The number of piperazine rings is 1. The van der Waals surface area contributed by atoms with Crippen LogP contribution in [0.4, 0.5) is 11.4 Å². The van der Waals surface area contributed by atoms with Crippen LogP contribution >= 0.6 is 11.6 Å². The van der Waals surface area contributed by atoms with Gasteiger partial charge < -0.3 is 9.80 Å². The van der Waals surface area contributed by atoms with E-state index in [1.807, 2.05) is 24.3 Å². The molecule has 1 fully saturated rings. The number of nitro groups is 1. The van der Waals surface area contributed by atoms with E-state index < -0.39 is 4.92 Å². The summed E-state index contributed by atoms with van der Waals surface area (Å²) in [6.07, 6.45) is 0.0537. The molecule has 3 rings (SSSR count). The van der Waals surface area contributed by atoms with Crippen LogP contribution in [0.1, 0.15) is 5.56 Å². The number of carbonyl (C=O) groups excluding carboxylic acids is 1. The minimum absolute atomic E-state index is 0.00403. The van der Waals surface area contributed by atoms with Crippen LogP contribution in [0.2, 0.25) is 5.02 Å². The molecule has 6 nitrogen and oxygen atoms in total. The summed E-state index contributed by atoms with van der Waals surface area (Å²) in [6, 6.07) is 14.0. The molecular formula is C18H18ClN3O3. The number of anilines is 1. The number of nitro benzene ring substituents is 1. The highest BCUT2D eigenvalue weighted by atomic mass is 35.5. The minimum Gasteiger partial charge on any atom is -0.368 e. The molecular weight excluding hydrogens is 342 g/mol. The molecule has 1 aliphatic rings. The lowest BCUT2D eigenvalue weighted by Gasteiger charge is -2.36. The molecule has 0 saturated carbocycles. The molecule has 0 atom stereocenters. The van der Waals surface area contributed by atoms with Gasteiger partial charge in [-0.25, -0.2) is 0 Å². The van der Waals surface area contributed by atoms with E-state index in [1.165, 1.54) is 6.07 Å². The average molecular weight is 360 g/mol. The zero-order chi connectivity index (χ0) is 17.8. The van der Waals surface area contributed by atoms with Crippen molar-refractivity contribution in [2.45, 2.75) is 6.42 Å². The first kappa shape index (κ1) is 17.2. The highest BCUT2D eigenvalue weighted by molar-refractivity contribution is 6.30. The first-order valence-electron chi connectivity index (χ1n) is 8.05. The van der Waals surface area contributed by atoms with E-state index in [2.05, 4.69) is 4.90 Å². The second-order valence-electron chi connectivity index (χ2n) is 5.91. The van der Waals surface area contributed by atoms with Crippen LogP contribution in [0, 0.1) is 10.1 Å². The van der Waals surface area contributed by atoms with Gasteiger partial charge in [-0.15, -0.1) is 0 Å². The summed E-state index contributed by atoms with van der Waals surface area (Å²) in [4.78, 5) is 27.1. The van der Waals surface area contributed by atoms with Gasteiger partial charge in [0.05, 0.1) is 11.3 Å². The highest BCUT2D eigenvalue weighted by Gasteiger charge is 2.23. The standard InChI is InChI=1S/C18H18ClN3O3/c19-15-5-7-16(8-6-15)20-9-11-21(12-10-20)18(23)13-14-3-1-2-4-17(14)22(24)25/h1-8H,9-13H2. The van der Waals surface area contributed by atoms with E-state index in [0.29, 0.717) is 23.7 Å². The smallest absolute Gasteiger partial charge is 0.273 e. The number of para-hydroxylation sites is 1. The largest absolute Gasteiger partial charge is 0.368 e. The number of hydrogen-bond donors (Lipinski definition) is 0. The molecule has 0 radical (unpaired) electrons. The van der Waals surface area contributed by atoms with Crippen LogP contribution in [0.5, 0.6) is 0 Å². The Morgan fingerprint density at radius 3 is 2.32 bits per heavy atom. The van der Waals surface area contributed by atoms with Crippen LogP contribution < -0.4 is 4.90 Å². The zero-order valence-corrected chi connectivity index (χ0v) is 14.4. The highest BCUT2D eigenvalue weighted by Crippen LogP contribution is 2.21. The number of benzene rings is 2. The predicted molar refractivity (Wildman–Crippen MR) is 97.0 cm³/mol. The van der Waals surface area contributed by atoms with E-state index in [0.717, 1.165) is 18.8 Å². The van der Waals surface area contributed by atoms with Gasteiger partial charge in [0.1, 0.15) is 0 Å². The van der Waals surface area contributed by atoms with Crippen LogP contribution in [0.3, 0.4) is 0 Å². The van der Waals surface area contributed by atoms with Crippen molar-refractivity contribution < 1.29 is 9.72 Å². The number of hydrogen-bond acceptors (Lipinski definition) is 4. The van der Waals surface area contributed by atoms with Gasteiger partial charge in [0.25, 0.3) is 5.69 Å². The summed E-state index contributed by atoms with van der Waals surface area (Å²) in [5, 5.41) is 11.8.